The minimum absolute atomic E-state index is 0.0602. The maximum atomic E-state index is 11.9. The van der Waals surface area contributed by atoms with Crippen LogP contribution in [0, 0.1) is 16.7 Å². The first-order chi connectivity index (χ1) is 11.6. The van der Waals surface area contributed by atoms with Crippen molar-refractivity contribution in [3.63, 3.8) is 0 Å². The van der Waals surface area contributed by atoms with Crippen LogP contribution in [0.3, 0.4) is 0 Å². The van der Waals surface area contributed by atoms with Gasteiger partial charge >= 0.3 is 0 Å². The molecule has 0 bridgehead atoms. The first kappa shape index (κ1) is 19.2. The molecule has 1 aliphatic carbocycles. The van der Waals surface area contributed by atoms with Crippen molar-refractivity contribution in [2.24, 2.45) is 16.7 Å². The summed E-state index contributed by atoms with van der Waals surface area (Å²) in [5.41, 5.74) is 4.49. The third kappa shape index (κ3) is 4.50. The van der Waals surface area contributed by atoms with Crippen LogP contribution in [0.15, 0.2) is 53.1 Å². The minimum atomic E-state index is -0.145. The molecule has 1 aromatic rings. The smallest absolute Gasteiger partial charge is 0.131 e. The second-order valence-electron chi connectivity index (χ2n) is 8.73. The molecule has 2 rings (SSSR count). The third-order valence-corrected chi connectivity index (χ3v) is 4.63. The molecule has 1 aliphatic rings. The highest BCUT2D eigenvalue weighted by Crippen LogP contribution is 2.44. The van der Waals surface area contributed by atoms with Crippen molar-refractivity contribution in [1.82, 2.24) is 0 Å². The minimum Gasteiger partial charge on any atom is -0.497 e. The monoisotopic (exact) mass is 338 g/mol. The van der Waals surface area contributed by atoms with Crippen molar-refractivity contribution >= 4 is 12.4 Å². The van der Waals surface area contributed by atoms with Crippen LogP contribution in [0.2, 0.25) is 0 Å². The number of benzene rings is 1. The normalized spacial score (nSPS) is 18.4. The fourth-order valence-corrected chi connectivity index (χ4v) is 3.24. The van der Waals surface area contributed by atoms with Gasteiger partial charge in [-0.3, -0.25) is 0 Å². The fraction of sp³-hybridized carbons (Fsp3) is 0.435. The Labute approximate surface area is 152 Å². The average Bonchev–Trinajstić information content (AvgIpc) is 2.53. The van der Waals surface area contributed by atoms with Crippen molar-refractivity contribution in [3.8, 4) is 5.75 Å². The van der Waals surface area contributed by atoms with Crippen LogP contribution in [0.25, 0.3) is 6.08 Å². The average molecular weight is 338 g/mol. The molecule has 2 heteroatoms. The summed E-state index contributed by atoms with van der Waals surface area (Å²) in [6, 6.07) is 8.03. The van der Waals surface area contributed by atoms with Gasteiger partial charge in [0.05, 0.1) is 13.0 Å². The second kappa shape index (κ2) is 7.03. The lowest BCUT2D eigenvalue weighted by molar-refractivity contribution is -0.109. The highest BCUT2D eigenvalue weighted by molar-refractivity contribution is 5.72. The van der Waals surface area contributed by atoms with Crippen molar-refractivity contribution < 1.29 is 9.53 Å². The lowest BCUT2D eigenvalue weighted by Gasteiger charge is -2.37. The van der Waals surface area contributed by atoms with E-state index in [2.05, 4.69) is 59.8 Å². The van der Waals surface area contributed by atoms with Crippen LogP contribution >= 0.6 is 0 Å². The molecule has 0 aromatic heterocycles. The van der Waals surface area contributed by atoms with Crippen LogP contribution < -0.4 is 4.74 Å². The van der Waals surface area contributed by atoms with Gasteiger partial charge in [-0.1, -0.05) is 65.8 Å². The molecule has 0 spiro atoms. The summed E-state index contributed by atoms with van der Waals surface area (Å²) in [5.74, 6) is 0.705. The molecular formula is C23H30O2. The Kier molecular flexibility index (Phi) is 5.41. The molecule has 0 heterocycles. The van der Waals surface area contributed by atoms with E-state index in [4.69, 9.17) is 4.74 Å². The number of ether oxygens (including phenoxy) is 1. The third-order valence-electron chi connectivity index (χ3n) is 4.63. The zero-order valence-corrected chi connectivity index (χ0v) is 16.5. The Hall–Kier alpha value is -2.09. The van der Waals surface area contributed by atoms with Crippen LogP contribution in [-0.2, 0) is 4.79 Å². The van der Waals surface area contributed by atoms with Gasteiger partial charge in [0, 0.05) is 0 Å². The van der Waals surface area contributed by atoms with E-state index >= 15 is 0 Å². The Balaban J connectivity index is 2.55. The Morgan fingerprint density at radius 1 is 0.880 bits per heavy atom. The van der Waals surface area contributed by atoms with E-state index < -0.39 is 0 Å². The molecule has 0 fully saturated rings. The Bertz CT molecular complexity index is 683. The van der Waals surface area contributed by atoms with E-state index in [0.717, 1.165) is 23.2 Å². The number of rotatable bonds is 3. The molecule has 0 aliphatic heterocycles. The molecule has 0 N–H and O–H groups in total. The molecule has 0 saturated heterocycles. The van der Waals surface area contributed by atoms with Gasteiger partial charge < -0.3 is 9.53 Å². The Morgan fingerprint density at radius 2 is 1.36 bits per heavy atom. The number of carbonyl (C=O) groups is 1. The second-order valence-corrected chi connectivity index (χ2v) is 8.73. The van der Waals surface area contributed by atoms with Gasteiger partial charge in [-0.2, -0.15) is 0 Å². The van der Waals surface area contributed by atoms with Crippen molar-refractivity contribution in [1.29, 1.82) is 0 Å². The van der Waals surface area contributed by atoms with Gasteiger partial charge in [0.15, 0.2) is 0 Å². The zero-order chi connectivity index (χ0) is 18.8. The summed E-state index contributed by atoms with van der Waals surface area (Å²) in [6.45, 7) is 13.0. The van der Waals surface area contributed by atoms with Gasteiger partial charge in [0.2, 0.25) is 0 Å². The van der Waals surface area contributed by atoms with Gasteiger partial charge in [-0.25, -0.2) is 0 Å². The van der Waals surface area contributed by atoms with Crippen LogP contribution in [0.4, 0.5) is 0 Å². The van der Waals surface area contributed by atoms with Crippen molar-refractivity contribution in [2.75, 3.05) is 7.11 Å². The maximum absolute atomic E-state index is 11.9. The topological polar surface area (TPSA) is 26.3 Å². The molecule has 0 amide bonds. The predicted octanol–water partition coefficient (Wildman–Crippen LogP) is 5.85. The molecule has 0 radical (unpaired) electrons. The molecular weight excluding hydrogens is 308 g/mol. The number of methoxy groups -OCH3 is 1. The molecule has 2 nitrogen and oxygen atoms in total. The van der Waals surface area contributed by atoms with E-state index in [-0.39, 0.29) is 16.7 Å². The molecule has 134 valence electrons. The van der Waals surface area contributed by atoms with Crippen LogP contribution in [0.5, 0.6) is 5.75 Å². The van der Waals surface area contributed by atoms with E-state index in [1.807, 2.05) is 24.3 Å². The van der Waals surface area contributed by atoms with Gasteiger partial charge in [0.1, 0.15) is 12.0 Å². The summed E-state index contributed by atoms with van der Waals surface area (Å²) in [5, 5.41) is 0. The number of aldehydes is 1. The number of hydrogen-bond donors (Lipinski definition) is 0. The molecule has 0 saturated carbocycles. The highest BCUT2D eigenvalue weighted by atomic mass is 16.5. The number of hydrogen-bond acceptors (Lipinski definition) is 2. The molecule has 0 atom stereocenters. The van der Waals surface area contributed by atoms with Gasteiger partial charge in [-0.15, -0.1) is 0 Å². The molecule has 1 aromatic carbocycles. The summed E-state index contributed by atoms with van der Waals surface area (Å²) in [4.78, 5) is 11.9. The SMILES string of the molecule is COc1ccc(C=C2C=C(C(C)(C)C)C(C=O)C(C(C)(C)C)=C2)cc1. The lowest BCUT2D eigenvalue weighted by Crippen LogP contribution is -2.28. The lowest BCUT2D eigenvalue weighted by atomic mass is 9.67. The first-order valence-electron chi connectivity index (χ1n) is 8.81. The van der Waals surface area contributed by atoms with Crippen molar-refractivity contribution in [2.45, 2.75) is 41.5 Å². The number of carbonyl (C=O) groups excluding carboxylic acids is 1. The summed E-state index contributed by atoms with van der Waals surface area (Å²) in [6.07, 6.45) is 7.62. The Morgan fingerprint density at radius 3 is 1.72 bits per heavy atom. The summed E-state index contributed by atoms with van der Waals surface area (Å²) >= 11 is 0. The van der Waals surface area contributed by atoms with Gasteiger partial charge in [0.25, 0.3) is 0 Å². The highest BCUT2D eigenvalue weighted by Gasteiger charge is 2.35. The van der Waals surface area contributed by atoms with E-state index in [0.29, 0.717) is 0 Å². The standard InChI is InChI=1S/C23H30O2/c1-22(2,3)20-13-17(12-16-8-10-18(25-7)11-9-16)14-21(19(20)15-24)23(4,5)6/h8-15,19H,1-7H3. The predicted molar refractivity (Wildman–Crippen MR) is 106 cm³/mol. The van der Waals surface area contributed by atoms with E-state index in [1.165, 1.54) is 11.1 Å². The van der Waals surface area contributed by atoms with Crippen LogP contribution in [-0.4, -0.2) is 13.4 Å². The fourth-order valence-electron chi connectivity index (χ4n) is 3.24. The van der Waals surface area contributed by atoms with Gasteiger partial charge in [-0.05, 0) is 51.3 Å². The first-order valence-corrected chi connectivity index (χ1v) is 8.81. The zero-order valence-electron chi connectivity index (χ0n) is 16.5. The van der Waals surface area contributed by atoms with E-state index in [9.17, 15) is 4.79 Å². The van der Waals surface area contributed by atoms with Crippen molar-refractivity contribution in [3.05, 3.63) is 58.7 Å². The largest absolute Gasteiger partial charge is 0.497 e. The summed E-state index contributed by atoms with van der Waals surface area (Å²) in [7, 11) is 1.67. The quantitative estimate of drug-likeness (QED) is 0.646. The number of allylic oxidation sites excluding steroid dienone is 5. The molecule has 25 heavy (non-hydrogen) atoms. The van der Waals surface area contributed by atoms with E-state index in [1.54, 1.807) is 7.11 Å². The van der Waals surface area contributed by atoms with Crippen LogP contribution in [0.1, 0.15) is 47.1 Å². The maximum Gasteiger partial charge on any atom is 0.131 e. The molecule has 0 unspecified atom stereocenters. The summed E-state index contributed by atoms with van der Waals surface area (Å²) < 4.78 is 5.23.